The van der Waals surface area contributed by atoms with E-state index in [0.29, 0.717) is 24.1 Å². The first-order valence-electron chi connectivity index (χ1n) is 8.21. The standard InChI is InChI=1S/C17H27N3OS.HI/c1-2-18-17(20-16-10-6-7-11-16)19-12-13-22(21)14-15-8-4-3-5-9-15;/h3-5,8-9,16H,2,6-7,10-14H2,1H3,(H2,18,19,20);1H. The first-order valence-corrected chi connectivity index (χ1v) is 9.70. The van der Waals surface area contributed by atoms with Crippen LogP contribution in [0.5, 0.6) is 0 Å². The quantitative estimate of drug-likeness (QED) is 0.382. The van der Waals surface area contributed by atoms with Gasteiger partial charge in [-0.25, -0.2) is 0 Å². The Hall–Kier alpha value is -0.630. The van der Waals surface area contributed by atoms with E-state index in [1.54, 1.807) is 0 Å². The lowest BCUT2D eigenvalue weighted by molar-refractivity contribution is 0.614. The lowest BCUT2D eigenvalue weighted by atomic mass is 10.2. The van der Waals surface area contributed by atoms with Gasteiger partial charge < -0.3 is 10.6 Å². The molecule has 1 atom stereocenters. The normalized spacial score (nSPS) is 16.7. The molecule has 6 heteroatoms. The van der Waals surface area contributed by atoms with Crippen molar-refractivity contribution in [2.45, 2.75) is 44.4 Å². The van der Waals surface area contributed by atoms with Crippen molar-refractivity contribution in [3.63, 3.8) is 0 Å². The van der Waals surface area contributed by atoms with Crippen LogP contribution >= 0.6 is 24.0 Å². The molecule has 0 heterocycles. The van der Waals surface area contributed by atoms with E-state index in [1.807, 2.05) is 30.3 Å². The highest BCUT2D eigenvalue weighted by atomic mass is 127. The minimum atomic E-state index is -0.858. The van der Waals surface area contributed by atoms with Crippen molar-refractivity contribution in [3.8, 4) is 0 Å². The molecule has 1 aromatic carbocycles. The average molecular weight is 449 g/mol. The maximum absolute atomic E-state index is 12.1. The van der Waals surface area contributed by atoms with Crippen LogP contribution in [0.15, 0.2) is 35.3 Å². The average Bonchev–Trinajstić information content (AvgIpc) is 3.01. The zero-order chi connectivity index (χ0) is 15.6. The Labute approximate surface area is 159 Å². The van der Waals surface area contributed by atoms with Crippen LogP contribution in [0.2, 0.25) is 0 Å². The van der Waals surface area contributed by atoms with Crippen LogP contribution in [-0.4, -0.2) is 35.1 Å². The van der Waals surface area contributed by atoms with Crippen molar-refractivity contribution in [2.24, 2.45) is 4.99 Å². The molecule has 0 spiro atoms. The summed E-state index contributed by atoms with van der Waals surface area (Å²) in [5.41, 5.74) is 1.13. The smallest absolute Gasteiger partial charge is 0.191 e. The number of guanidine groups is 1. The maximum atomic E-state index is 12.1. The molecule has 0 bridgehead atoms. The first-order chi connectivity index (χ1) is 10.8. The zero-order valence-electron chi connectivity index (χ0n) is 13.8. The van der Waals surface area contributed by atoms with Crippen LogP contribution < -0.4 is 10.6 Å². The van der Waals surface area contributed by atoms with Gasteiger partial charge in [0.2, 0.25) is 0 Å². The summed E-state index contributed by atoms with van der Waals surface area (Å²) < 4.78 is 12.1. The van der Waals surface area contributed by atoms with Gasteiger partial charge in [0.05, 0.1) is 6.54 Å². The zero-order valence-corrected chi connectivity index (χ0v) is 16.9. The number of benzene rings is 1. The number of hydrogen-bond acceptors (Lipinski definition) is 2. The van der Waals surface area contributed by atoms with Gasteiger partial charge in [0.1, 0.15) is 0 Å². The summed E-state index contributed by atoms with van der Waals surface area (Å²) >= 11 is 0. The fourth-order valence-electron chi connectivity index (χ4n) is 2.68. The van der Waals surface area contributed by atoms with Crippen molar-refractivity contribution in [1.29, 1.82) is 0 Å². The summed E-state index contributed by atoms with van der Waals surface area (Å²) in [5, 5.41) is 6.75. The van der Waals surface area contributed by atoms with Gasteiger partial charge in [0.25, 0.3) is 0 Å². The van der Waals surface area contributed by atoms with Crippen molar-refractivity contribution >= 4 is 40.7 Å². The molecular weight excluding hydrogens is 421 g/mol. The number of nitrogens with one attached hydrogen (secondary N) is 2. The van der Waals surface area contributed by atoms with Gasteiger partial charge in [-0.3, -0.25) is 9.20 Å². The van der Waals surface area contributed by atoms with Crippen molar-refractivity contribution < 1.29 is 4.21 Å². The minimum absolute atomic E-state index is 0. The molecule has 23 heavy (non-hydrogen) atoms. The highest BCUT2D eigenvalue weighted by Crippen LogP contribution is 2.17. The van der Waals surface area contributed by atoms with Crippen molar-refractivity contribution in [2.75, 3.05) is 18.8 Å². The summed E-state index contributed by atoms with van der Waals surface area (Å²) in [4.78, 5) is 4.56. The summed E-state index contributed by atoms with van der Waals surface area (Å²) in [5.74, 6) is 2.09. The Bertz CT molecular complexity index is 490. The van der Waals surface area contributed by atoms with E-state index in [2.05, 4.69) is 22.5 Å². The van der Waals surface area contributed by atoms with Crippen LogP contribution in [0.3, 0.4) is 0 Å². The topological polar surface area (TPSA) is 53.5 Å². The van der Waals surface area contributed by atoms with Gasteiger partial charge in [-0.05, 0) is 25.3 Å². The number of hydrogen-bond donors (Lipinski definition) is 2. The monoisotopic (exact) mass is 449 g/mol. The van der Waals surface area contributed by atoms with Gasteiger partial charge >= 0.3 is 0 Å². The summed E-state index contributed by atoms with van der Waals surface area (Å²) in [6.07, 6.45) is 5.06. The fraction of sp³-hybridized carbons (Fsp3) is 0.588. The van der Waals surface area contributed by atoms with E-state index < -0.39 is 10.8 Å². The number of halogens is 1. The maximum Gasteiger partial charge on any atom is 0.191 e. The van der Waals surface area contributed by atoms with E-state index in [4.69, 9.17) is 0 Å². The molecule has 2 rings (SSSR count). The molecule has 1 saturated carbocycles. The third-order valence-electron chi connectivity index (χ3n) is 3.80. The van der Waals surface area contributed by atoms with E-state index in [1.165, 1.54) is 25.7 Å². The summed E-state index contributed by atoms with van der Waals surface area (Å²) in [6, 6.07) is 10.5. The summed E-state index contributed by atoms with van der Waals surface area (Å²) in [7, 11) is -0.858. The Morgan fingerprint density at radius 3 is 2.61 bits per heavy atom. The molecule has 1 aliphatic carbocycles. The Kier molecular flexibility index (Phi) is 10.5. The Balaban J connectivity index is 0.00000264. The molecule has 0 saturated heterocycles. The Morgan fingerprint density at radius 1 is 1.26 bits per heavy atom. The van der Waals surface area contributed by atoms with Crippen LogP contribution in [-0.2, 0) is 16.6 Å². The molecule has 130 valence electrons. The van der Waals surface area contributed by atoms with Crippen molar-refractivity contribution in [3.05, 3.63) is 35.9 Å². The van der Waals surface area contributed by atoms with Crippen LogP contribution in [0.25, 0.3) is 0 Å². The van der Waals surface area contributed by atoms with Gasteiger partial charge in [-0.15, -0.1) is 24.0 Å². The largest absolute Gasteiger partial charge is 0.357 e. The number of aliphatic imine (C=N–C) groups is 1. The van der Waals surface area contributed by atoms with Crippen LogP contribution in [0.1, 0.15) is 38.2 Å². The molecule has 1 unspecified atom stereocenters. The first kappa shape index (κ1) is 20.4. The lowest BCUT2D eigenvalue weighted by Crippen LogP contribution is -2.42. The third-order valence-corrected chi connectivity index (χ3v) is 5.09. The van der Waals surface area contributed by atoms with E-state index in [-0.39, 0.29) is 24.0 Å². The summed E-state index contributed by atoms with van der Waals surface area (Å²) in [6.45, 7) is 3.52. The lowest BCUT2D eigenvalue weighted by Gasteiger charge is -2.16. The van der Waals surface area contributed by atoms with E-state index in [9.17, 15) is 4.21 Å². The molecule has 0 aromatic heterocycles. The van der Waals surface area contributed by atoms with Crippen LogP contribution in [0, 0.1) is 0 Å². The highest BCUT2D eigenvalue weighted by Gasteiger charge is 2.15. The van der Waals surface area contributed by atoms with E-state index in [0.717, 1.165) is 18.1 Å². The second-order valence-electron chi connectivity index (χ2n) is 5.66. The van der Waals surface area contributed by atoms with Crippen LogP contribution in [0.4, 0.5) is 0 Å². The SMILES string of the molecule is CCNC(=NCCS(=O)Cc1ccccc1)NC1CCCC1.I. The van der Waals surface area contributed by atoms with E-state index >= 15 is 0 Å². The Morgan fingerprint density at radius 2 is 1.96 bits per heavy atom. The molecule has 0 radical (unpaired) electrons. The van der Waals surface area contributed by atoms with Gasteiger partial charge in [-0.2, -0.15) is 0 Å². The molecule has 0 amide bonds. The predicted molar refractivity (Wildman–Crippen MR) is 110 cm³/mol. The van der Waals surface area contributed by atoms with Gasteiger partial charge in [0, 0.05) is 34.9 Å². The minimum Gasteiger partial charge on any atom is -0.357 e. The second kappa shape index (κ2) is 11.8. The molecule has 2 N–H and O–H groups in total. The molecule has 1 aliphatic rings. The van der Waals surface area contributed by atoms with Gasteiger partial charge in [-0.1, -0.05) is 43.2 Å². The molecule has 0 aliphatic heterocycles. The van der Waals surface area contributed by atoms with Crippen molar-refractivity contribution in [1.82, 2.24) is 10.6 Å². The molecule has 1 aromatic rings. The molecular formula is C17H28IN3OS. The predicted octanol–water partition coefficient (Wildman–Crippen LogP) is 3.05. The fourth-order valence-corrected chi connectivity index (χ4v) is 3.68. The number of nitrogens with zero attached hydrogens (tertiary/aromatic N) is 1. The number of rotatable bonds is 7. The molecule has 4 nitrogen and oxygen atoms in total. The highest BCUT2D eigenvalue weighted by molar-refractivity contribution is 14.0. The van der Waals surface area contributed by atoms with Gasteiger partial charge in [0.15, 0.2) is 5.96 Å². The third kappa shape index (κ3) is 8.15. The molecule has 1 fully saturated rings. The second-order valence-corrected chi connectivity index (χ2v) is 7.24.